The number of sulfonamides is 1. The Labute approximate surface area is 278 Å². The molecule has 2 unspecified atom stereocenters. The summed E-state index contributed by atoms with van der Waals surface area (Å²) in [5, 5.41) is 7.12. The summed E-state index contributed by atoms with van der Waals surface area (Å²) in [7, 11) is -4.49. The van der Waals surface area contributed by atoms with Crippen LogP contribution in [0, 0.1) is 5.92 Å². The van der Waals surface area contributed by atoms with E-state index in [4.69, 9.17) is 20.4 Å². The van der Waals surface area contributed by atoms with Crippen molar-refractivity contribution in [1.82, 2.24) is 9.62 Å². The van der Waals surface area contributed by atoms with Crippen LogP contribution in [-0.2, 0) is 25.5 Å². The van der Waals surface area contributed by atoms with Crippen LogP contribution in [0.25, 0.3) is 0 Å². The molecule has 0 spiro atoms. The number of nitrogens with one attached hydrogen (secondary N) is 1. The zero-order valence-electron chi connectivity index (χ0n) is 25.3. The van der Waals surface area contributed by atoms with Gasteiger partial charge < -0.3 is 20.5 Å². The maximum absolute atomic E-state index is 16.1. The highest BCUT2D eigenvalue weighted by molar-refractivity contribution is 9.10. The number of aliphatic carboxylic acids is 1. The number of rotatable bonds is 9. The third kappa shape index (κ3) is 9.42. The first-order valence-corrected chi connectivity index (χ1v) is 17.5. The summed E-state index contributed by atoms with van der Waals surface area (Å²) in [6.45, 7) is 0.558. The van der Waals surface area contributed by atoms with Gasteiger partial charge in [-0.2, -0.15) is 26.7 Å². The number of hydrogen-bond acceptors (Lipinski definition) is 6. The third-order valence-corrected chi connectivity index (χ3v) is 10.7. The minimum atomic E-state index is -5.08. The molecule has 16 heteroatoms. The molecule has 2 aliphatic heterocycles. The van der Waals surface area contributed by atoms with Crippen molar-refractivity contribution in [3.63, 3.8) is 0 Å². The van der Waals surface area contributed by atoms with Crippen LogP contribution in [0.1, 0.15) is 63.4 Å². The number of amides is 1. The van der Waals surface area contributed by atoms with Gasteiger partial charge in [0.2, 0.25) is 15.9 Å². The average molecular weight is 755 g/mol. The minimum absolute atomic E-state index is 0.109. The molecule has 2 heterocycles. The monoisotopic (exact) mass is 753 g/mol. The SMILES string of the molecule is NC1CC2CCC(C1)N2C(=O)[C@@H](NS(=O)(=O)c1ccc(OCC2CCCCC2)cc1)C(F)(F)c1ccc(Br)cc1.O=C(O)C(F)(F)F. The Morgan fingerprint density at radius 2 is 1.47 bits per heavy atom. The van der Waals surface area contributed by atoms with Crippen LogP contribution in [0.4, 0.5) is 22.0 Å². The van der Waals surface area contributed by atoms with Crippen molar-refractivity contribution < 1.29 is 49.8 Å². The Hall–Kier alpha value is -2.82. The number of carboxylic acids is 1. The van der Waals surface area contributed by atoms with E-state index in [1.165, 1.54) is 72.7 Å². The number of ether oxygens (including phenoxy) is 1. The van der Waals surface area contributed by atoms with Gasteiger partial charge in [-0.15, -0.1) is 0 Å². The summed E-state index contributed by atoms with van der Waals surface area (Å²) in [6.07, 6.45) is 3.10. The molecule has 1 amide bonds. The maximum Gasteiger partial charge on any atom is 0.490 e. The highest BCUT2D eigenvalue weighted by Gasteiger charge is 2.53. The minimum Gasteiger partial charge on any atom is -0.493 e. The van der Waals surface area contributed by atoms with Crippen molar-refractivity contribution in [2.24, 2.45) is 11.7 Å². The van der Waals surface area contributed by atoms with Crippen LogP contribution < -0.4 is 15.2 Å². The number of alkyl halides is 5. The van der Waals surface area contributed by atoms with Crippen LogP contribution in [0.3, 0.4) is 0 Å². The molecule has 3 fully saturated rings. The number of hydrogen-bond donors (Lipinski definition) is 3. The lowest BCUT2D eigenvalue weighted by Gasteiger charge is -2.41. The molecule has 2 bridgehead atoms. The van der Waals surface area contributed by atoms with E-state index in [1.807, 2.05) is 0 Å². The number of carbonyl (C=O) groups excluding carboxylic acids is 1. The first kappa shape index (κ1) is 37.0. The maximum atomic E-state index is 16.1. The van der Waals surface area contributed by atoms with E-state index in [2.05, 4.69) is 20.7 Å². The van der Waals surface area contributed by atoms with Crippen LogP contribution in [0.2, 0.25) is 0 Å². The smallest absolute Gasteiger partial charge is 0.490 e. The Bertz CT molecular complexity index is 1470. The van der Waals surface area contributed by atoms with Crippen molar-refractivity contribution in [1.29, 1.82) is 0 Å². The Morgan fingerprint density at radius 3 is 1.98 bits per heavy atom. The molecule has 3 aliphatic rings. The summed E-state index contributed by atoms with van der Waals surface area (Å²) in [4.78, 5) is 23.9. The average Bonchev–Trinajstić information content (AvgIpc) is 3.29. The lowest BCUT2D eigenvalue weighted by molar-refractivity contribution is -0.192. The van der Waals surface area contributed by atoms with Gasteiger partial charge in [0.05, 0.1) is 11.5 Å². The molecule has 2 aromatic rings. The van der Waals surface area contributed by atoms with E-state index in [1.54, 1.807) is 0 Å². The van der Waals surface area contributed by atoms with E-state index in [0.29, 0.717) is 48.4 Å². The highest BCUT2D eigenvalue weighted by Crippen LogP contribution is 2.40. The van der Waals surface area contributed by atoms with Gasteiger partial charge in [0.1, 0.15) is 5.75 Å². The van der Waals surface area contributed by atoms with Gasteiger partial charge in [-0.1, -0.05) is 47.3 Å². The Balaban J connectivity index is 0.000000644. The molecule has 5 rings (SSSR count). The molecule has 1 aliphatic carbocycles. The number of halogens is 6. The number of fused-ring (bicyclic) bond motifs is 2. The highest BCUT2D eigenvalue weighted by atomic mass is 79.9. The second-order valence-corrected chi connectivity index (χ2v) is 14.8. The molecule has 0 radical (unpaired) electrons. The van der Waals surface area contributed by atoms with Crippen LogP contribution in [0.15, 0.2) is 57.9 Å². The first-order valence-electron chi connectivity index (χ1n) is 15.3. The summed E-state index contributed by atoms with van der Waals surface area (Å²) < 4.78 is 99.3. The van der Waals surface area contributed by atoms with E-state index >= 15 is 8.78 Å². The van der Waals surface area contributed by atoms with E-state index < -0.39 is 45.6 Å². The van der Waals surface area contributed by atoms with Gasteiger partial charge in [0, 0.05) is 28.2 Å². The van der Waals surface area contributed by atoms with Gasteiger partial charge in [0.25, 0.3) is 5.92 Å². The fourth-order valence-corrected chi connectivity index (χ4v) is 7.81. The lowest BCUT2D eigenvalue weighted by atomic mass is 9.90. The first-order chi connectivity index (χ1) is 22.0. The van der Waals surface area contributed by atoms with Crippen molar-refractivity contribution in [3.05, 3.63) is 58.6 Å². The topological polar surface area (TPSA) is 139 Å². The van der Waals surface area contributed by atoms with Crippen LogP contribution >= 0.6 is 15.9 Å². The summed E-state index contributed by atoms with van der Waals surface area (Å²) in [5.41, 5.74) is 5.67. The molecule has 2 aromatic carbocycles. The predicted molar refractivity (Wildman–Crippen MR) is 165 cm³/mol. The molecule has 4 N–H and O–H groups in total. The van der Waals surface area contributed by atoms with Crippen molar-refractivity contribution in [3.8, 4) is 5.75 Å². The van der Waals surface area contributed by atoms with Crippen LogP contribution in [0.5, 0.6) is 5.75 Å². The summed E-state index contributed by atoms with van der Waals surface area (Å²) >= 11 is 3.24. The largest absolute Gasteiger partial charge is 0.493 e. The number of benzene rings is 2. The Morgan fingerprint density at radius 1 is 0.936 bits per heavy atom. The van der Waals surface area contributed by atoms with Gasteiger partial charge in [-0.3, -0.25) is 4.79 Å². The van der Waals surface area contributed by atoms with Crippen molar-refractivity contribution in [2.75, 3.05) is 6.61 Å². The van der Waals surface area contributed by atoms with Gasteiger partial charge in [-0.05, 0) is 80.8 Å². The predicted octanol–water partition coefficient (Wildman–Crippen LogP) is 5.96. The quantitative estimate of drug-likeness (QED) is 0.269. The van der Waals surface area contributed by atoms with E-state index in [9.17, 15) is 26.4 Å². The number of nitrogens with zero attached hydrogens (tertiary/aromatic N) is 1. The number of carboxylic acid groups (broad SMARTS) is 1. The van der Waals surface area contributed by atoms with Crippen molar-refractivity contribution in [2.45, 2.75) is 98.9 Å². The zero-order chi connectivity index (χ0) is 34.6. The molecule has 9 nitrogen and oxygen atoms in total. The fraction of sp³-hybridized carbons (Fsp3) is 0.548. The van der Waals surface area contributed by atoms with Gasteiger partial charge >= 0.3 is 12.1 Å². The lowest BCUT2D eigenvalue weighted by Crippen LogP contribution is -2.60. The second-order valence-electron chi connectivity index (χ2n) is 12.1. The van der Waals surface area contributed by atoms with Gasteiger partial charge in [-0.25, -0.2) is 13.2 Å². The molecule has 3 atom stereocenters. The summed E-state index contributed by atoms with van der Waals surface area (Å²) in [6, 6.07) is 7.95. The summed E-state index contributed by atoms with van der Waals surface area (Å²) in [5.74, 6) is -6.51. The van der Waals surface area contributed by atoms with Gasteiger partial charge in [0.15, 0.2) is 6.04 Å². The zero-order valence-corrected chi connectivity index (χ0v) is 27.7. The second kappa shape index (κ2) is 15.2. The molecule has 2 saturated heterocycles. The molecule has 1 saturated carbocycles. The van der Waals surface area contributed by atoms with E-state index in [-0.39, 0.29) is 23.0 Å². The van der Waals surface area contributed by atoms with E-state index in [0.717, 1.165) is 12.8 Å². The fourth-order valence-electron chi connectivity index (χ4n) is 6.35. The van der Waals surface area contributed by atoms with Crippen LogP contribution in [-0.4, -0.2) is 67.3 Å². The molecular weight excluding hydrogens is 717 g/mol. The third-order valence-electron chi connectivity index (χ3n) is 8.72. The normalized spacial score (nSPS) is 22.6. The standard InChI is InChI=1S/C29H36BrF2N3O4S.C2HF3O2/c30-21-8-6-20(7-9-21)29(31,32)27(28(36)35-23-10-11-24(35)17-22(33)16-23)34-40(37,38)26-14-12-25(13-15-26)39-18-19-4-2-1-3-5-19;3-2(4,5)1(6)7/h6-9,12-15,19,22-24,27,34H,1-5,10-11,16-18,33H2;(H,6,7)/t22?,23?,24?,27-;/m1./s1. The number of carbonyl (C=O) groups is 2. The molecule has 0 aromatic heterocycles. The molecular formula is C31H37BrF5N3O6S. The number of piperidine rings is 1. The molecule has 260 valence electrons. The molecule has 47 heavy (non-hydrogen) atoms. The van der Waals surface area contributed by atoms with Crippen molar-refractivity contribution >= 4 is 37.8 Å². The number of nitrogens with two attached hydrogens (primary N) is 1. The Kier molecular flexibility index (Phi) is 11.9.